The molecular weight excluding hydrogens is 345 g/mol. The minimum absolute atomic E-state index is 0.0304. The molecule has 1 saturated heterocycles. The number of carbonyl (C=O) groups is 1. The van der Waals surface area contributed by atoms with Crippen LogP contribution in [0.2, 0.25) is 0 Å². The number of rotatable bonds is 4. The lowest BCUT2D eigenvalue weighted by molar-refractivity contribution is -0.131. The van der Waals surface area contributed by atoms with E-state index < -0.39 is 15.8 Å². The summed E-state index contributed by atoms with van der Waals surface area (Å²) < 4.78 is 40.1. The van der Waals surface area contributed by atoms with Crippen molar-refractivity contribution < 1.29 is 17.6 Å². The lowest BCUT2D eigenvalue weighted by Gasteiger charge is -2.34. The average Bonchev–Trinajstić information content (AvgIpc) is 3.10. The quantitative estimate of drug-likeness (QED) is 0.893. The molecule has 1 aromatic carbocycles. The van der Waals surface area contributed by atoms with Crippen molar-refractivity contribution >= 4 is 15.9 Å². The van der Waals surface area contributed by atoms with Gasteiger partial charge in [-0.1, -0.05) is 0 Å². The van der Waals surface area contributed by atoms with Gasteiger partial charge in [0.1, 0.15) is 5.82 Å². The number of piperazine rings is 1. The SMILES string of the molecule is Cc1cc(S(=O)(=O)N2CCN(C(=O)Cc3ccc[nH]3)CC2)ccc1F. The van der Waals surface area contributed by atoms with Crippen molar-refractivity contribution in [3.05, 3.63) is 53.6 Å². The van der Waals surface area contributed by atoms with E-state index in [-0.39, 0.29) is 30.3 Å². The summed E-state index contributed by atoms with van der Waals surface area (Å²) in [6.07, 6.45) is 2.04. The first kappa shape index (κ1) is 17.6. The van der Waals surface area contributed by atoms with Crippen LogP contribution in [-0.2, 0) is 21.2 Å². The fourth-order valence-electron chi connectivity index (χ4n) is 2.86. The van der Waals surface area contributed by atoms with E-state index in [1.165, 1.54) is 29.4 Å². The van der Waals surface area contributed by atoms with Crippen molar-refractivity contribution in [3.63, 3.8) is 0 Å². The Morgan fingerprint density at radius 1 is 1.20 bits per heavy atom. The zero-order chi connectivity index (χ0) is 18.0. The first-order chi connectivity index (χ1) is 11.9. The molecule has 8 heteroatoms. The Hall–Kier alpha value is -2.19. The summed E-state index contributed by atoms with van der Waals surface area (Å²) >= 11 is 0. The summed E-state index contributed by atoms with van der Waals surface area (Å²) in [5.74, 6) is -0.462. The largest absolute Gasteiger partial charge is 0.365 e. The number of hydrogen-bond acceptors (Lipinski definition) is 3. The van der Waals surface area contributed by atoms with E-state index in [2.05, 4.69) is 4.98 Å². The first-order valence-electron chi connectivity index (χ1n) is 8.04. The van der Waals surface area contributed by atoms with Gasteiger partial charge in [-0.15, -0.1) is 0 Å². The van der Waals surface area contributed by atoms with E-state index in [0.29, 0.717) is 18.7 Å². The Balaban J connectivity index is 1.64. The van der Waals surface area contributed by atoms with Gasteiger partial charge in [-0.25, -0.2) is 12.8 Å². The van der Waals surface area contributed by atoms with Gasteiger partial charge in [-0.3, -0.25) is 4.79 Å². The van der Waals surface area contributed by atoms with Crippen molar-refractivity contribution in [1.29, 1.82) is 0 Å². The fourth-order valence-corrected chi connectivity index (χ4v) is 4.36. The Bertz CT molecular complexity index is 857. The molecule has 1 aromatic heterocycles. The highest BCUT2D eigenvalue weighted by Crippen LogP contribution is 2.20. The van der Waals surface area contributed by atoms with E-state index in [4.69, 9.17) is 0 Å². The van der Waals surface area contributed by atoms with Crippen LogP contribution in [0.1, 0.15) is 11.3 Å². The number of halogens is 1. The maximum Gasteiger partial charge on any atom is 0.243 e. The van der Waals surface area contributed by atoms with Crippen molar-refractivity contribution in [2.24, 2.45) is 0 Å². The van der Waals surface area contributed by atoms with Crippen molar-refractivity contribution in [2.45, 2.75) is 18.2 Å². The van der Waals surface area contributed by atoms with Gasteiger partial charge < -0.3 is 9.88 Å². The van der Waals surface area contributed by atoms with Gasteiger partial charge in [0.15, 0.2) is 0 Å². The molecule has 0 spiro atoms. The van der Waals surface area contributed by atoms with Crippen LogP contribution < -0.4 is 0 Å². The molecule has 1 N–H and O–H groups in total. The standard InChI is InChI=1S/C17H20FN3O3S/c1-13-11-15(4-5-16(13)18)25(23,24)21-9-7-20(8-10-21)17(22)12-14-3-2-6-19-14/h2-6,11,19H,7-10,12H2,1H3. The van der Waals surface area contributed by atoms with E-state index in [1.807, 2.05) is 12.1 Å². The minimum Gasteiger partial charge on any atom is -0.365 e. The molecule has 25 heavy (non-hydrogen) atoms. The highest BCUT2D eigenvalue weighted by atomic mass is 32.2. The van der Waals surface area contributed by atoms with Crippen molar-refractivity contribution in [2.75, 3.05) is 26.2 Å². The molecule has 0 atom stereocenters. The maximum atomic E-state index is 13.4. The molecule has 0 saturated carbocycles. The fraction of sp³-hybridized carbons (Fsp3) is 0.353. The topological polar surface area (TPSA) is 73.5 Å². The normalized spacial score (nSPS) is 16.2. The molecular formula is C17H20FN3O3S. The summed E-state index contributed by atoms with van der Waals surface area (Å²) in [5, 5.41) is 0. The highest BCUT2D eigenvalue weighted by Gasteiger charge is 2.30. The van der Waals surface area contributed by atoms with Gasteiger partial charge in [-0.2, -0.15) is 4.31 Å². The van der Waals surface area contributed by atoms with Crippen molar-refractivity contribution in [3.8, 4) is 0 Å². The monoisotopic (exact) mass is 365 g/mol. The second-order valence-corrected chi connectivity index (χ2v) is 8.01. The number of aromatic nitrogens is 1. The smallest absolute Gasteiger partial charge is 0.243 e. The average molecular weight is 365 g/mol. The number of nitrogens with zero attached hydrogens (tertiary/aromatic N) is 2. The second kappa shape index (κ2) is 6.97. The number of benzene rings is 1. The Morgan fingerprint density at radius 2 is 1.92 bits per heavy atom. The van der Waals surface area contributed by atoms with Crippen molar-refractivity contribution in [1.82, 2.24) is 14.2 Å². The molecule has 0 aliphatic carbocycles. The van der Waals surface area contributed by atoms with Crippen LogP contribution >= 0.6 is 0 Å². The molecule has 0 bridgehead atoms. The predicted molar refractivity (Wildman–Crippen MR) is 91.0 cm³/mol. The number of aromatic amines is 1. The lowest BCUT2D eigenvalue weighted by atomic mass is 10.2. The zero-order valence-electron chi connectivity index (χ0n) is 13.9. The molecule has 0 unspecified atom stereocenters. The summed E-state index contributed by atoms with van der Waals surface area (Å²) in [6, 6.07) is 7.46. The summed E-state index contributed by atoms with van der Waals surface area (Å²) in [4.78, 5) is 17.0. The van der Waals surface area contributed by atoms with E-state index in [9.17, 15) is 17.6 Å². The second-order valence-electron chi connectivity index (χ2n) is 6.07. The van der Waals surface area contributed by atoms with Gasteiger partial charge in [0, 0.05) is 38.1 Å². The summed E-state index contributed by atoms with van der Waals surface area (Å²) in [5.41, 5.74) is 1.13. The van der Waals surface area contributed by atoms with E-state index in [0.717, 1.165) is 5.69 Å². The van der Waals surface area contributed by atoms with Crippen LogP contribution in [0.15, 0.2) is 41.4 Å². The number of aryl methyl sites for hydroxylation is 1. The van der Waals surface area contributed by atoms with Gasteiger partial charge in [-0.05, 0) is 42.8 Å². The molecule has 134 valence electrons. The van der Waals surface area contributed by atoms with Crippen LogP contribution in [0.25, 0.3) is 0 Å². The van der Waals surface area contributed by atoms with Gasteiger partial charge >= 0.3 is 0 Å². The van der Waals surface area contributed by atoms with Crippen LogP contribution in [0, 0.1) is 12.7 Å². The Kier molecular flexibility index (Phi) is 4.91. The summed E-state index contributed by atoms with van der Waals surface area (Å²) in [7, 11) is -3.68. The van der Waals surface area contributed by atoms with Crippen LogP contribution in [0.4, 0.5) is 4.39 Å². The van der Waals surface area contributed by atoms with Gasteiger partial charge in [0.25, 0.3) is 0 Å². The van der Waals surface area contributed by atoms with Crippen LogP contribution in [0.3, 0.4) is 0 Å². The van der Waals surface area contributed by atoms with Gasteiger partial charge in [0.05, 0.1) is 11.3 Å². The van der Waals surface area contributed by atoms with Crippen LogP contribution in [0.5, 0.6) is 0 Å². The predicted octanol–water partition coefficient (Wildman–Crippen LogP) is 1.54. The molecule has 3 rings (SSSR count). The zero-order valence-corrected chi connectivity index (χ0v) is 14.7. The number of amides is 1. The molecule has 1 fully saturated rings. The van der Waals surface area contributed by atoms with E-state index in [1.54, 1.807) is 11.1 Å². The molecule has 1 amide bonds. The molecule has 1 aliphatic rings. The molecule has 2 heterocycles. The third-order valence-electron chi connectivity index (χ3n) is 4.36. The number of hydrogen-bond donors (Lipinski definition) is 1. The van der Waals surface area contributed by atoms with Crippen LogP contribution in [-0.4, -0.2) is 54.7 Å². The molecule has 1 aliphatic heterocycles. The third kappa shape index (κ3) is 3.74. The van der Waals surface area contributed by atoms with E-state index >= 15 is 0 Å². The number of H-pyrrole nitrogens is 1. The number of carbonyl (C=O) groups excluding carboxylic acids is 1. The van der Waals surface area contributed by atoms with Gasteiger partial charge in [0.2, 0.25) is 15.9 Å². The lowest BCUT2D eigenvalue weighted by Crippen LogP contribution is -2.50. The Morgan fingerprint density at radius 3 is 2.52 bits per heavy atom. The maximum absolute atomic E-state index is 13.4. The molecule has 0 radical (unpaired) electrons. The highest BCUT2D eigenvalue weighted by molar-refractivity contribution is 7.89. The minimum atomic E-state index is -3.68. The Labute approximate surface area is 146 Å². The summed E-state index contributed by atoms with van der Waals surface area (Å²) in [6.45, 7) is 2.69. The molecule has 2 aromatic rings. The molecule has 6 nitrogen and oxygen atoms in total. The number of sulfonamides is 1. The first-order valence-corrected chi connectivity index (χ1v) is 9.48. The number of nitrogens with one attached hydrogen (secondary N) is 1. The third-order valence-corrected chi connectivity index (χ3v) is 6.26.